The van der Waals surface area contributed by atoms with E-state index in [0.717, 1.165) is 21.0 Å². The van der Waals surface area contributed by atoms with Crippen LogP contribution in [0.4, 0.5) is 5.69 Å². The minimum Gasteiger partial charge on any atom is -0.355 e. The lowest BCUT2D eigenvalue weighted by Crippen LogP contribution is -2.52. The van der Waals surface area contributed by atoms with E-state index in [4.69, 9.17) is 11.6 Å². The van der Waals surface area contributed by atoms with Gasteiger partial charge in [-0.2, -0.15) is 0 Å². The molecule has 3 rings (SSSR count). The molecule has 3 aromatic carbocycles. The molecule has 202 valence electrons. The third-order valence-electron chi connectivity index (χ3n) is 6.31. The number of halogens is 1. The topological polar surface area (TPSA) is 86.8 Å². The van der Waals surface area contributed by atoms with E-state index in [1.807, 2.05) is 58.0 Å². The Morgan fingerprint density at radius 2 is 1.63 bits per heavy atom. The van der Waals surface area contributed by atoms with Crippen molar-refractivity contribution in [2.24, 2.45) is 0 Å². The van der Waals surface area contributed by atoms with Crippen molar-refractivity contribution >= 4 is 39.1 Å². The molecule has 0 aliphatic rings. The van der Waals surface area contributed by atoms with Crippen molar-refractivity contribution in [1.82, 2.24) is 10.2 Å². The van der Waals surface area contributed by atoms with E-state index in [-0.39, 0.29) is 17.3 Å². The number of nitrogens with one attached hydrogen (secondary N) is 1. The summed E-state index contributed by atoms with van der Waals surface area (Å²) in [6.07, 6.45) is 0.373. The van der Waals surface area contributed by atoms with Gasteiger partial charge in [-0.1, -0.05) is 54.9 Å². The van der Waals surface area contributed by atoms with E-state index < -0.39 is 28.5 Å². The number of rotatable bonds is 11. The standard InChI is InChI=1S/C29H34ClN3O4S/c1-5-27(29(35)31-6-2)32(19-23-12-8-7-11-22(23)4)28(34)20-33(25-13-9-10-21(3)18-25)38(36,37)26-16-14-24(30)15-17-26/h7-18,27H,5-6,19-20H2,1-4H3,(H,31,35)/t27-/m1/s1. The Morgan fingerprint density at radius 1 is 0.947 bits per heavy atom. The van der Waals surface area contributed by atoms with E-state index in [9.17, 15) is 18.0 Å². The number of carbonyl (C=O) groups is 2. The summed E-state index contributed by atoms with van der Waals surface area (Å²) >= 11 is 5.99. The highest BCUT2D eigenvalue weighted by Gasteiger charge is 2.33. The lowest BCUT2D eigenvalue weighted by molar-refractivity contribution is -0.140. The minimum atomic E-state index is -4.13. The molecule has 3 aromatic rings. The molecule has 1 N–H and O–H groups in total. The van der Waals surface area contributed by atoms with Gasteiger partial charge in [0.1, 0.15) is 12.6 Å². The van der Waals surface area contributed by atoms with E-state index >= 15 is 0 Å². The minimum absolute atomic E-state index is 0.0115. The molecule has 1 atom stereocenters. The number of carbonyl (C=O) groups excluding carboxylic acids is 2. The summed E-state index contributed by atoms with van der Waals surface area (Å²) in [7, 11) is -4.13. The molecule has 7 nitrogen and oxygen atoms in total. The fraction of sp³-hybridized carbons (Fsp3) is 0.310. The molecule has 0 fully saturated rings. The van der Waals surface area contributed by atoms with Crippen molar-refractivity contribution < 1.29 is 18.0 Å². The first kappa shape index (κ1) is 29.2. The van der Waals surface area contributed by atoms with Crippen LogP contribution in [0.2, 0.25) is 5.02 Å². The lowest BCUT2D eigenvalue weighted by atomic mass is 10.1. The quantitative estimate of drug-likeness (QED) is 0.357. The number of sulfonamides is 1. The van der Waals surface area contributed by atoms with Crippen LogP contribution < -0.4 is 9.62 Å². The van der Waals surface area contributed by atoms with Crippen LogP contribution in [-0.4, -0.2) is 44.3 Å². The second-order valence-electron chi connectivity index (χ2n) is 9.07. The van der Waals surface area contributed by atoms with Crippen LogP contribution in [0.1, 0.15) is 37.0 Å². The van der Waals surface area contributed by atoms with Crippen LogP contribution in [-0.2, 0) is 26.2 Å². The van der Waals surface area contributed by atoms with Gasteiger partial charge in [0.15, 0.2) is 0 Å². The highest BCUT2D eigenvalue weighted by molar-refractivity contribution is 7.92. The van der Waals surface area contributed by atoms with E-state index in [0.29, 0.717) is 23.7 Å². The van der Waals surface area contributed by atoms with E-state index in [1.54, 1.807) is 18.2 Å². The predicted molar refractivity (Wildman–Crippen MR) is 152 cm³/mol. The largest absolute Gasteiger partial charge is 0.355 e. The molecular formula is C29H34ClN3O4S. The number of nitrogens with zero attached hydrogens (tertiary/aromatic N) is 2. The Labute approximate surface area is 230 Å². The third-order valence-corrected chi connectivity index (χ3v) is 8.35. The first-order valence-corrected chi connectivity index (χ1v) is 14.4. The third kappa shape index (κ3) is 6.94. The molecule has 0 unspecified atom stereocenters. The maximum absolute atomic E-state index is 14.0. The van der Waals surface area contributed by atoms with Gasteiger partial charge in [0.25, 0.3) is 10.0 Å². The second kappa shape index (κ2) is 12.9. The Kier molecular flexibility index (Phi) is 9.94. The molecule has 0 heterocycles. The molecule has 0 aliphatic heterocycles. The van der Waals surface area contributed by atoms with Crippen molar-refractivity contribution in [2.45, 2.75) is 51.6 Å². The SMILES string of the molecule is CCNC(=O)[C@@H](CC)N(Cc1ccccc1C)C(=O)CN(c1cccc(C)c1)S(=O)(=O)c1ccc(Cl)cc1. The van der Waals surface area contributed by atoms with Gasteiger partial charge in [-0.15, -0.1) is 0 Å². The monoisotopic (exact) mass is 555 g/mol. The van der Waals surface area contributed by atoms with Crippen molar-refractivity contribution in [3.05, 3.63) is 94.5 Å². The summed E-state index contributed by atoms with van der Waals surface area (Å²) in [5, 5.41) is 3.21. The Hall–Kier alpha value is -3.36. The van der Waals surface area contributed by atoms with Gasteiger partial charge in [0, 0.05) is 18.1 Å². The fourth-order valence-electron chi connectivity index (χ4n) is 4.23. The van der Waals surface area contributed by atoms with E-state index in [1.165, 1.54) is 29.2 Å². The first-order valence-electron chi connectivity index (χ1n) is 12.5. The molecule has 0 radical (unpaired) electrons. The molecule has 0 aromatic heterocycles. The van der Waals surface area contributed by atoms with Crippen molar-refractivity contribution in [3.63, 3.8) is 0 Å². The van der Waals surface area contributed by atoms with E-state index in [2.05, 4.69) is 5.32 Å². The average molecular weight is 556 g/mol. The molecule has 2 amide bonds. The van der Waals surface area contributed by atoms with Crippen LogP contribution in [0.25, 0.3) is 0 Å². The molecule has 0 bridgehead atoms. The summed E-state index contributed by atoms with van der Waals surface area (Å²) in [6.45, 7) is 7.55. The number of benzene rings is 3. The van der Waals surface area contributed by atoms with Crippen LogP contribution in [0.5, 0.6) is 0 Å². The molecular weight excluding hydrogens is 522 g/mol. The second-order valence-corrected chi connectivity index (χ2v) is 11.4. The molecule has 9 heteroatoms. The summed E-state index contributed by atoms with van der Waals surface area (Å²) in [6, 6.07) is 19.7. The Balaban J connectivity index is 2.07. The summed E-state index contributed by atoms with van der Waals surface area (Å²) in [5.41, 5.74) is 3.05. The van der Waals surface area contributed by atoms with Crippen molar-refractivity contribution in [2.75, 3.05) is 17.4 Å². The molecule has 0 saturated carbocycles. The van der Waals surface area contributed by atoms with Gasteiger partial charge < -0.3 is 10.2 Å². The summed E-state index contributed by atoms with van der Waals surface area (Å²) in [5.74, 6) is -0.759. The van der Waals surface area contributed by atoms with Crippen LogP contribution in [0.3, 0.4) is 0 Å². The number of amides is 2. The number of hydrogen-bond acceptors (Lipinski definition) is 4. The summed E-state index contributed by atoms with van der Waals surface area (Å²) in [4.78, 5) is 28.5. The van der Waals surface area contributed by atoms with Gasteiger partial charge >= 0.3 is 0 Å². The normalized spacial score (nSPS) is 12.0. The van der Waals surface area contributed by atoms with Gasteiger partial charge in [-0.05, 0) is 80.3 Å². The number of hydrogen-bond donors (Lipinski definition) is 1. The van der Waals surface area contributed by atoms with Gasteiger partial charge in [-0.25, -0.2) is 8.42 Å². The first-order chi connectivity index (χ1) is 18.1. The van der Waals surface area contributed by atoms with Crippen LogP contribution in [0.15, 0.2) is 77.7 Å². The molecule has 0 aliphatic carbocycles. The van der Waals surface area contributed by atoms with Gasteiger partial charge in [0.2, 0.25) is 11.8 Å². The van der Waals surface area contributed by atoms with Crippen molar-refractivity contribution in [3.8, 4) is 0 Å². The zero-order valence-corrected chi connectivity index (χ0v) is 23.7. The maximum atomic E-state index is 14.0. The lowest BCUT2D eigenvalue weighted by Gasteiger charge is -2.33. The molecule has 38 heavy (non-hydrogen) atoms. The number of likely N-dealkylation sites (N-methyl/N-ethyl adjacent to an activating group) is 1. The maximum Gasteiger partial charge on any atom is 0.264 e. The fourth-order valence-corrected chi connectivity index (χ4v) is 5.76. The van der Waals surface area contributed by atoms with Crippen LogP contribution in [0, 0.1) is 13.8 Å². The van der Waals surface area contributed by atoms with Gasteiger partial charge in [-0.3, -0.25) is 13.9 Å². The highest BCUT2D eigenvalue weighted by atomic mass is 35.5. The van der Waals surface area contributed by atoms with Gasteiger partial charge in [0.05, 0.1) is 10.6 Å². The Bertz CT molecular complexity index is 1380. The zero-order chi connectivity index (χ0) is 27.9. The molecule has 0 saturated heterocycles. The zero-order valence-electron chi connectivity index (χ0n) is 22.1. The molecule has 0 spiro atoms. The van der Waals surface area contributed by atoms with Crippen molar-refractivity contribution in [1.29, 1.82) is 0 Å². The van der Waals surface area contributed by atoms with Crippen LogP contribution >= 0.6 is 11.6 Å². The highest BCUT2D eigenvalue weighted by Crippen LogP contribution is 2.26. The number of anilines is 1. The Morgan fingerprint density at radius 3 is 2.24 bits per heavy atom. The average Bonchev–Trinajstić information content (AvgIpc) is 2.88. The number of aryl methyl sites for hydroxylation is 2. The smallest absolute Gasteiger partial charge is 0.264 e. The predicted octanol–water partition coefficient (Wildman–Crippen LogP) is 5.10. The summed E-state index contributed by atoms with van der Waals surface area (Å²) < 4.78 is 28.8.